The normalized spacial score (nSPS) is 16.0. The monoisotopic (exact) mass is 340 g/mol. The molecule has 3 rings (SSSR count). The maximum absolute atomic E-state index is 12.4. The standard InChI is InChI=1S/C13H16N4O3S2/c1-9-8-21-13(15-9)16-12(18)11-6-10(7-14-11)22(19,20)17-4-2-3-5-17/h6-8,14H,2-5H2,1H3,(H,15,16,18). The molecule has 2 aromatic heterocycles. The van der Waals surface area contributed by atoms with Crippen LogP contribution in [-0.2, 0) is 10.0 Å². The van der Waals surface area contributed by atoms with Crippen LogP contribution in [-0.4, -0.2) is 41.7 Å². The fourth-order valence-electron chi connectivity index (χ4n) is 2.31. The molecular weight excluding hydrogens is 324 g/mol. The summed E-state index contributed by atoms with van der Waals surface area (Å²) in [6.07, 6.45) is 3.11. The van der Waals surface area contributed by atoms with Gasteiger partial charge in [0.1, 0.15) is 10.6 Å². The van der Waals surface area contributed by atoms with Crippen molar-refractivity contribution in [3.05, 3.63) is 29.0 Å². The maximum atomic E-state index is 12.4. The second kappa shape index (κ2) is 5.82. The van der Waals surface area contributed by atoms with E-state index in [4.69, 9.17) is 0 Å². The van der Waals surface area contributed by atoms with Gasteiger partial charge >= 0.3 is 0 Å². The van der Waals surface area contributed by atoms with Gasteiger partial charge in [-0.15, -0.1) is 11.3 Å². The molecule has 0 bridgehead atoms. The summed E-state index contributed by atoms with van der Waals surface area (Å²) < 4.78 is 26.2. The third kappa shape index (κ3) is 2.92. The van der Waals surface area contributed by atoms with Crippen LogP contribution in [0.4, 0.5) is 5.13 Å². The Morgan fingerprint density at radius 2 is 2.14 bits per heavy atom. The van der Waals surface area contributed by atoms with Gasteiger partial charge in [0.05, 0.1) is 5.69 Å². The Bertz CT molecular complexity index is 788. The molecular formula is C13H16N4O3S2. The first-order valence-corrected chi connectivity index (χ1v) is 9.21. The Morgan fingerprint density at radius 3 is 2.77 bits per heavy atom. The highest BCUT2D eigenvalue weighted by molar-refractivity contribution is 7.89. The first kappa shape index (κ1) is 15.2. The molecule has 22 heavy (non-hydrogen) atoms. The van der Waals surface area contributed by atoms with Crippen molar-refractivity contribution >= 4 is 32.4 Å². The van der Waals surface area contributed by atoms with Crippen molar-refractivity contribution in [2.75, 3.05) is 18.4 Å². The SMILES string of the molecule is Cc1csc(NC(=O)c2cc(S(=O)(=O)N3CCCC3)c[nH]2)n1. The molecule has 9 heteroatoms. The number of H-pyrrole nitrogens is 1. The van der Waals surface area contributed by atoms with Gasteiger partial charge in [-0.1, -0.05) is 0 Å². The van der Waals surface area contributed by atoms with Gasteiger partial charge in [0.25, 0.3) is 5.91 Å². The minimum Gasteiger partial charge on any atom is -0.356 e. The second-order valence-corrected chi connectivity index (χ2v) is 7.90. The number of sulfonamides is 1. The van der Waals surface area contributed by atoms with Crippen LogP contribution in [0.15, 0.2) is 22.5 Å². The summed E-state index contributed by atoms with van der Waals surface area (Å²) in [7, 11) is -3.51. The highest BCUT2D eigenvalue weighted by Crippen LogP contribution is 2.22. The van der Waals surface area contributed by atoms with E-state index in [0.29, 0.717) is 18.2 Å². The largest absolute Gasteiger partial charge is 0.356 e. The molecule has 0 spiro atoms. The first-order chi connectivity index (χ1) is 10.5. The summed E-state index contributed by atoms with van der Waals surface area (Å²) in [5, 5.41) is 4.96. The lowest BCUT2D eigenvalue weighted by molar-refractivity contribution is 0.102. The van der Waals surface area contributed by atoms with Crippen LogP contribution in [0.1, 0.15) is 29.0 Å². The lowest BCUT2D eigenvalue weighted by Gasteiger charge is -2.13. The van der Waals surface area contributed by atoms with Crippen LogP contribution in [0.25, 0.3) is 0 Å². The van der Waals surface area contributed by atoms with Crippen molar-refractivity contribution in [1.29, 1.82) is 0 Å². The maximum Gasteiger partial charge on any atom is 0.273 e. The van der Waals surface area contributed by atoms with Crippen molar-refractivity contribution < 1.29 is 13.2 Å². The number of aromatic amines is 1. The van der Waals surface area contributed by atoms with E-state index in [1.54, 1.807) is 0 Å². The lowest BCUT2D eigenvalue weighted by atomic mass is 10.4. The van der Waals surface area contributed by atoms with Crippen molar-refractivity contribution in [2.24, 2.45) is 0 Å². The van der Waals surface area contributed by atoms with Crippen LogP contribution in [0.2, 0.25) is 0 Å². The van der Waals surface area contributed by atoms with Gasteiger partial charge in [-0.25, -0.2) is 13.4 Å². The molecule has 2 aromatic rings. The first-order valence-electron chi connectivity index (χ1n) is 6.89. The highest BCUT2D eigenvalue weighted by Gasteiger charge is 2.28. The Balaban J connectivity index is 1.77. The number of nitrogens with zero attached hydrogens (tertiary/aromatic N) is 2. The molecule has 0 atom stereocenters. The van der Waals surface area contributed by atoms with Gasteiger partial charge < -0.3 is 4.98 Å². The molecule has 0 aliphatic carbocycles. The van der Waals surface area contributed by atoms with Crippen molar-refractivity contribution in [1.82, 2.24) is 14.3 Å². The third-order valence-electron chi connectivity index (χ3n) is 3.44. The number of aromatic nitrogens is 2. The third-order valence-corrected chi connectivity index (χ3v) is 6.20. The van der Waals surface area contributed by atoms with Gasteiger partial charge in [0.2, 0.25) is 10.0 Å². The van der Waals surface area contributed by atoms with E-state index >= 15 is 0 Å². The summed E-state index contributed by atoms with van der Waals surface area (Å²) >= 11 is 1.32. The number of anilines is 1. The van der Waals surface area contributed by atoms with E-state index in [2.05, 4.69) is 15.3 Å². The Hall–Kier alpha value is -1.71. The van der Waals surface area contributed by atoms with Crippen molar-refractivity contribution in [3.8, 4) is 0 Å². The summed E-state index contributed by atoms with van der Waals surface area (Å²) in [5.41, 5.74) is 1.02. The molecule has 1 aliphatic rings. The molecule has 2 N–H and O–H groups in total. The van der Waals surface area contributed by atoms with Gasteiger partial charge in [0, 0.05) is 24.7 Å². The van der Waals surface area contributed by atoms with Crippen molar-refractivity contribution in [3.63, 3.8) is 0 Å². The zero-order chi connectivity index (χ0) is 15.7. The number of nitrogens with one attached hydrogen (secondary N) is 2. The topological polar surface area (TPSA) is 95.2 Å². The van der Waals surface area contributed by atoms with Gasteiger partial charge in [0.15, 0.2) is 5.13 Å². The molecule has 3 heterocycles. The van der Waals surface area contributed by atoms with E-state index in [0.717, 1.165) is 18.5 Å². The minimum atomic E-state index is -3.51. The number of rotatable bonds is 4. The summed E-state index contributed by atoms with van der Waals surface area (Å²) in [6, 6.07) is 1.36. The quantitative estimate of drug-likeness (QED) is 0.887. The van der Waals surface area contributed by atoms with Crippen LogP contribution >= 0.6 is 11.3 Å². The number of amides is 1. The van der Waals surface area contributed by atoms with Crippen LogP contribution < -0.4 is 5.32 Å². The molecule has 7 nitrogen and oxygen atoms in total. The number of thiazole rings is 1. The van der Waals surface area contributed by atoms with E-state index in [1.807, 2.05) is 12.3 Å². The van der Waals surface area contributed by atoms with Crippen LogP contribution in [0, 0.1) is 6.92 Å². The number of hydrogen-bond donors (Lipinski definition) is 2. The Kier molecular flexibility index (Phi) is 4.02. The van der Waals surface area contributed by atoms with E-state index < -0.39 is 15.9 Å². The molecule has 0 aromatic carbocycles. The molecule has 118 valence electrons. The second-order valence-electron chi connectivity index (χ2n) is 5.11. The van der Waals surface area contributed by atoms with Gasteiger partial charge in [-0.2, -0.15) is 4.31 Å². The molecule has 0 radical (unpaired) electrons. The smallest absolute Gasteiger partial charge is 0.273 e. The van der Waals surface area contributed by atoms with Crippen molar-refractivity contribution in [2.45, 2.75) is 24.7 Å². The lowest BCUT2D eigenvalue weighted by Crippen LogP contribution is -2.27. The zero-order valence-corrected chi connectivity index (χ0v) is 13.6. The fourth-order valence-corrected chi connectivity index (χ4v) is 4.50. The van der Waals surface area contributed by atoms with E-state index in [9.17, 15) is 13.2 Å². The molecule has 1 saturated heterocycles. The van der Waals surface area contributed by atoms with E-state index in [1.165, 1.54) is 27.9 Å². The summed E-state index contributed by atoms with van der Waals surface area (Å²) in [4.78, 5) is 19.1. The fraction of sp³-hybridized carbons (Fsp3) is 0.385. The minimum absolute atomic E-state index is 0.120. The average Bonchev–Trinajstić information content (AvgIpc) is 3.20. The molecule has 0 saturated carbocycles. The molecule has 0 unspecified atom stereocenters. The van der Waals surface area contributed by atoms with Gasteiger partial charge in [-0.05, 0) is 25.8 Å². The van der Waals surface area contributed by atoms with E-state index in [-0.39, 0.29) is 10.6 Å². The number of carbonyl (C=O) groups is 1. The molecule has 1 fully saturated rings. The summed E-state index contributed by atoms with van der Waals surface area (Å²) in [5.74, 6) is -0.405. The number of hydrogen-bond acceptors (Lipinski definition) is 5. The average molecular weight is 340 g/mol. The predicted octanol–water partition coefficient (Wildman–Crippen LogP) is 1.82. The number of carbonyl (C=O) groups excluding carboxylic acids is 1. The number of aryl methyl sites for hydroxylation is 1. The van der Waals surface area contributed by atoms with Crippen LogP contribution in [0.5, 0.6) is 0 Å². The molecule has 1 aliphatic heterocycles. The predicted molar refractivity (Wildman–Crippen MR) is 83.6 cm³/mol. The van der Waals surface area contributed by atoms with Gasteiger partial charge in [-0.3, -0.25) is 10.1 Å². The van der Waals surface area contributed by atoms with Crippen LogP contribution in [0.3, 0.4) is 0 Å². The summed E-state index contributed by atoms with van der Waals surface area (Å²) in [6.45, 7) is 2.91. The highest BCUT2D eigenvalue weighted by atomic mass is 32.2. The Morgan fingerprint density at radius 1 is 1.41 bits per heavy atom. The Labute approximate surface area is 132 Å². The molecule has 1 amide bonds. The zero-order valence-electron chi connectivity index (χ0n) is 12.0.